The minimum atomic E-state index is -0.624. The van der Waals surface area contributed by atoms with Gasteiger partial charge in [0.25, 0.3) is 5.91 Å². The number of carbonyl (C=O) groups excluding carboxylic acids is 2. The summed E-state index contributed by atoms with van der Waals surface area (Å²) in [4.78, 5) is 29.8. The van der Waals surface area contributed by atoms with Crippen LogP contribution in [0.25, 0.3) is 0 Å². The van der Waals surface area contributed by atoms with Gasteiger partial charge in [0.15, 0.2) is 5.76 Å². The number of amides is 1. The van der Waals surface area contributed by atoms with Crippen LogP contribution >= 0.6 is 0 Å². The van der Waals surface area contributed by atoms with Crippen LogP contribution in [0, 0.1) is 0 Å². The largest absolute Gasteiger partial charge is 0.465 e. The molecule has 0 saturated carbocycles. The predicted molar refractivity (Wildman–Crippen MR) is 154 cm³/mol. The summed E-state index contributed by atoms with van der Waals surface area (Å²) in [5.74, 6) is -0.373. The minimum absolute atomic E-state index is 0.0138. The van der Waals surface area contributed by atoms with Crippen molar-refractivity contribution in [3.63, 3.8) is 0 Å². The molecule has 0 aromatic heterocycles. The number of carbonyl (C=O) groups is 2. The zero-order chi connectivity index (χ0) is 28.6. The first-order chi connectivity index (χ1) is 20.0. The summed E-state index contributed by atoms with van der Waals surface area (Å²) in [6.45, 7) is 3.97. The summed E-state index contributed by atoms with van der Waals surface area (Å²) in [7, 11) is 1.36. The van der Waals surface area contributed by atoms with Crippen LogP contribution in [0.4, 0.5) is 0 Å². The Labute approximate surface area is 240 Å². The number of rotatable bonds is 9. The van der Waals surface area contributed by atoms with Crippen LogP contribution in [0.2, 0.25) is 0 Å². The molecule has 2 aliphatic rings. The Kier molecular flexibility index (Phi) is 9.46. The molecule has 1 amide bonds. The Morgan fingerprint density at radius 2 is 1.56 bits per heavy atom. The van der Waals surface area contributed by atoms with E-state index < -0.39 is 12.3 Å². The molecule has 214 valence electrons. The molecule has 3 aromatic carbocycles. The lowest BCUT2D eigenvalue weighted by Gasteiger charge is -2.36. The molecular formula is C33H36N2O6. The third-order valence-electron chi connectivity index (χ3n) is 7.58. The fourth-order valence-electron chi connectivity index (χ4n) is 5.16. The van der Waals surface area contributed by atoms with Crippen LogP contribution in [0.3, 0.4) is 0 Å². The molecule has 2 heterocycles. The molecule has 3 aromatic rings. The maximum Gasteiger partial charge on any atom is 0.337 e. The fourth-order valence-corrected chi connectivity index (χ4v) is 5.16. The fraction of sp³-hybridized carbons (Fsp3) is 0.333. The van der Waals surface area contributed by atoms with Crippen LogP contribution in [0.5, 0.6) is 0 Å². The second-order valence-electron chi connectivity index (χ2n) is 10.4. The molecule has 8 heteroatoms. The summed E-state index contributed by atoms with van der Waals surface area (Å²) in [6, 6.07) is 25.1. The van der Waals surface area contributed by atoms with Crippen LogP contribution in [-0.4, -0.2) is 66.4 Å². The number of nitrogens with zero attached hydrogens (tertiary/aromatic N) is 2. The van der Waals surface area contributed by atoms with Crippen LogP contribution < -0.4 is 0 Å². The highest BCUT2D eigenvalue weighted by Crippen LogP contribution is 2.33. The van der Waals surface area contributed by atoms with Crippen molar-refractivity contribution >= 4 is 11.9 Å². The zero-order valence-electron chi connectivity index (χ0n) is 23.3. The van der Waals surface area contributed by atoms with Crippen molar-refractivity contribution in [1.29, 1.82) is 0 Å². The standard InChI is InChI=1S/C33H36N2O6/c1-39-33(38)28-13-11-27(12-14-28)29-19-30(41-31(20-29)40-23-26-9-7-25(22-36)8-10-26)32(37)35-17-15-34(16-18-35)21-24-5-3-2-4-6-24/h2-14,19,29,31,36H,15-18,20-23H2,1H3/t29-,31+/m0/s1. The highest BCUT2D eigenvalue weighted by atomic mass is 16.7. The zero-order valence-corrected chi connectivity index (χ0v) is 23.3. The number of methoxy groups -OCH3 is 1. The second-order valence-corrected chi connectivity index (χ2v) is 10.4. The molecule has 0 spiro atoms. The Morgan fingerprint density at radius 3 is 2.22 bits per heavy atom. The highest BCUT2D eigenvalue weighted by Gasteiger charge is 2.32. The molecule has 1 N–H and O–H groups in total. The van der Waals surface area contributed by atoms with Gasteiger partial charge in [-0.05, 0) is 40.5 Å². The van der Waals surface area contributed by atoms with Gasteiger partial charge < -0.3 is 24.2 Å². The smallest absolute Gasteiger partial charge is 0.337 e. The molecule has 1 saturated heterocycles. The van der Waals surface area contributed by atoms with Gasteiger partial charge in [0.1, 0.15) is 0 Å². The number of hydrogen-bond acceptors (Lipinski definition) is 7. The van der Waals surface area contributed by atoms with Gasteiger partial charge in [-0.3, -0.25) is 9.69 Å². The van der Waals surface area contributed by atoms with E-state index in [9.17, 15) is 14.7 Å². The van der Waals surface area contributed by atoms with Gasteiger partial charge in [0.05, 0.1) is 25.9 Å². The molecule has 2 atom stereocenters. The lowest BCUT2D eigenvalue weighted by molar-refractivity contribution is -0.157. The molecule has 5 rings (SSSR count). The van der Waals surface area contributed by atoms with E-state index in [2.05, 4.69) is 17.0 Å². The lowest BCUT2D eigenvalue weighted by atomic mass is 9.92. The molecule has 41 heavy (non-hydrogen) atoms. The summed E-state index contributed by atoms with van der Waals surface area (Å²) in [6.07, 6.45) is 1.77. The minimum Gasteiger partial charge on any atom is -0.465 e. The van der Waals surface area contributed by atoms with Crippen LogP contribution in [0.1, 0.15) is 45.0 Å². The summed E-state index contributed by atoms with van der Waals surface area (Å²) < 4.78 is 17.1. The summed E-state index contributed by atoms with van der Waals surface area (Å²) in [5, 5.41) is 9.31. The van der Waals surface area contributed by atoms with Crippen molar-refractivity contribution in [1.82, 2.24) is 9.80 Å². The van der Waals surface area contributed by atoms with E-state index in [4.69, 9.17) is 14.2 Å². The van der Waals surface area contributed by atoms with Gasteiger partial charge in [-0.2, -0.15) is 0 Å². The first kappa shape index (κ1) is 28.5. The van der Waals surface area contributed by atoms with E-state index in [1.165, 1.54) is 12.7 Å². The van der Waals surface area contributed by atoms with Crippen LogP contribution in [0.15, 0.2) is 90.7 Å². The second kappa shape index (κ2) is 13.6. The van der Waals surface area contributed by atoms with Crippen molar-refractivity contribution in [2.24, 2.45) is 0 Å². The highest BCUT2D eigenvalue weighted by molar-refractivity contribution is 5.92. The van der Waals surface area contributed by atoms with Gasteiger partial charge in [0, 0.05) is 45.1 Å². The molecule has 0 aliphatic carbocycles. The quantitative estimate of drug-likeness (QED) is 0.395. The SMILES string of the molecule is COC(=O)c1ccc([C@H]2C=C(C(=O)N3CCN(Cc4ccccc4)CC3)O[C@@H](OCc3ccc(CO)cc3)C2)cc1. The Hall–Kier alpha value is -3.98. The predicted octanol–water partition coefficient (Wildman–Crippen LogP) is 4.24. The Morgan fingerprint density at radius 1 is 0.878 bits per heavy atom. The van der Waals surface area contributed by atoms with E-state index in [0.717, 1.165) is 36.3 Å². The van der Waals surface area contributed by atoms with Gasteiger partial charge in [-0.25, -0.2) is 4.79 Å². The maximum absolute atomic E-state index is 13.6. The number of benzene rings is 3. The molecule has 0 bridgehead atoms. The molecule has 2 aliphatic heterocycles. The topological polar surface area (TPSA) is 88.5 Å². The molecule has 1 fully saturated rings. The molecule has 0 unspecified atom stereocenters. The maximum atomic E-state index is 13.6. The third kappa shape index (κ3) is 7.41. The molecular weight excluding hydrogens is 520 g/mol. The Balaban J connectivity index is 1.28. The van der Waals surface area contributed by atoms with E-state index in [-0.39, 0.29) is 24.2 Å². The number of hydrogen-bond donors (Lipinski definition) is 1. The van der Waals surface area contributed by atoms with Crippen LogP contribution in [-0.2, 0) is 38.8 Å². The number of esters is 1. The van der Waals surface area contributed by atoms with Crippen molar-refractivity contribution < 1.29 is 28.9 Å². The monoisotopic (exact) mass is 556 g/mol. The van der Waals surface area contributed by atoms with E-state index in [1.807, 2.05) is 65.6 Å². The normalized spacial score (nSPS) is 19.3. The number of piperazine rings is 1. The number of allylic oxidation sites excluding steroid dienone is 1. The summed E-state index contributed by atoms with van der Waals surface area (Å²) >= 11 is 0. The van der Waals surface area contributed by atoms with E-state index in [0.29, 0.717) is 31.7 Å². The average molecular weight is 557 g/mol. The van der Waals surface area contributed by atoms with Gasteiger partial charge >= 0.3 is 5.97 Å². The molecule has 0 radical (unpaired) electrons. The number of aliphatic hydroxyl groups excluding tert-OH is 1. The van der Waals surface area contributed by atoms with E-state index >= 15 is 0 Å². The number of aliphatic hydroxyl groups is 1. The molecule has 8 nitrogen and oxygen atoms in total. The average Bonchev–Trinajstić information content (AvgIpc) is 3.04. The van der Waals surface area contributed by atoms with Gasteiger partial charge in [0.2, 0.25) is 6.29 Å². The first-order valence-electron chi connectivity index (χ1n) is 13.9. The Bertz CT molecular complexity index is 1330. The van der Waals surface area contributed by atoms with Crippen molar-refractivity contribution in [2.45, 2.75) is 38.4 Å². The van der Waals surface area contributed by atoms with Gasteiger partial charge in [-0.1, -0.05) is 66.7 Å². The number of ether oxygens (including phenoxy) is 3. The van der Waals surface area contributed by atoms with Gasteiger partial charge in [-0.15, -0.1) is 0 Å². The lowest BCUT2D eigenvalue weighted by Crippen LogP contribution is -2.49. The van der Waals surface area contributed by atoms with E-state index in [1.54, 1.807) is 12.1 Å². The van der Waals surface area contributed by atoms with Crippen molar-refractivity contribution in [2.75, 3.05) is 33.3 Å². The third-order valence-corrected chi connectivity index (χ3v) is 7.58. The first-order valence-corrected chi connectivity index (χ1v) is 13.9. The van der Waals surface area contributed by atoms with Crippen molar-refractivity contribution in [3.8, 4) is 0 Å². The summed E-state index contributed by atoms with van der Waals surface area (Å²) in [5.41, 5.74) is 4.47. The van der Waals surface area contributed by atoms with Crippen molar-refractivity contribution in [3.05, 3.63) is 119 Å².